The normalized spacial score (nSPS) is 26.1. The van der Waals surface area contributed by atoms with Gasteiger partial charge in [0.05, 0.1) is 6.61 Å². The predicted molar refractivity (Wildman–Crippen MR) is 52.6 cm³/mol. The van der Waals surface area contributed by atoms with Gasteiger partial charge >= 0.3 is 12.1 Å². The number of piperazine rings is 1. The molecule has 2 atom stereocenters. The van der Waals surface area contributed by atoms with Crippen molar-refractivity contribution in [1.82, 2.24) is 10.2 Å². The minimum atomic E-state index is -1.01. The first-order valence-corrected chi connectivity index (χ1v) is 4.97. The van der Waals surface area contributed by atoms with Crippen LogP contribution < -0.4 is 5.32 Å². The van der Waals surface area contributed by atoms with Crippen molar-refractivity contribution in [3.63, 3.8) is 0 Å². The van der Waals surface area contributed by atoms with Crippen LogP contribution >= 0.6 is 0 Å². The number of ether oxygens (including phenoxy) is 1. The summed E-state index contributed by atoms with van der Waals surface area (Å²) >= 11 is 0. The highest BCUT2D eigenvalue weighted by Gasteiger charge is 2.37. The lowest BCUT2D eigenvalue weighted by atomic mass is 10.1. The third kappa shape index (κ3) is 2.59. The van der Waals surface area contributed by atoms with Gasteiger partial charge in [-0.05, 0) is 13.8 Å². The Morgan fingerprint density at radius 3 is 2.80 bits per heavy atom. The molecule has 15 heavy (non-hydrogen) atoms. The average molecular weight is 216 g/mol. The van der Waals surface area contributed by atoms with Crippen molar-refractivity contribution in [3.8, 4) is 0 Å². The SMILES string of the molecule is CCOC(=O)N1CCNC(C)C1C(=O)O. The molecule has 6 heteroatoms. The van der Waals surface area contributed by atoms with Gasteiger partial charge in [-0.1, -0.05) is 0 Å². The lowest BCUT2D eigenvalue weighted by molar-refractivity contribution is -0.144. The number of hydrogen-bond donors (Lipinski definition) is 2. The summed E-state index contributed by atoms with van der Waals surface area (Å²) in [7, 11) is 0. The van der Waals surface area contributed by atoms with Gasteiger partial charge < -0.3 is 15.2 Å². The van der Waals surface area contributed by atoms with E-state index < -0.39 is 18.1 Å². The minimum absolute atomic E-state index is 0.253. The molecule has 1 aliphatic heterocycles. The lowest BCUT2D eigenvalue weighted by Gasteiger charge is -2.36. The highest BCUT2D eigenvalue weighted by molar-refractivity contribution is 5.81. The molecule has 2 unspecified atom stereocenters. The van der Waals surface area contributed by atoms with E-state index in [2.05, 4.69) is 5.32 Å². The third-order valence-corrected chi connectivity index (χ3v) is 2.38. The molecule has 1 heterocycles. The number of nitrogens with zero attached hydrogens (tertiary/aromatic N) is 1. The summed E-state index contributed by atoms with van der Waals surface area (Å²) < 4.78 is 4.81. The van der Waals surface area contributed by atoms with E-state index in [-0.39, 0.29) is 12.6 Å². The number of rotatable bonds is 2. The molecule has 1 rings (SSSR count). The molecule has 0 aromatic heterocycles. The average Bonchev–Trinajstić information content (AvgIpc) is 2.17. The van der Waals surface area contributed by atoms with Crippen LogP contribution in [0.2, 0.25) is 0 Å². The van der Waals surface area contributed by atoms with Crippen LogP contribution in [0.3, 0.4) is 0 Å². The van der Waals surface area contributed by atoms with Crippen molar-refractivity contribution in [2.75, 3.05) is 19.7 Å². The van der Waals surface area contributed by atoms with Crippen molar-refractivity contribution in [2.45, 2.75) is 25.9 Å². The van der Waals surface area contributed by atoms with Gasteiger partial charge in [0.1, 0.15) is 6.04 Å². The predicted octanol–water partition coefficient (Wildman–Crippen LogP) is -0.110. The number of nitrogens with one attached hydrogen (secondary N) is 1. The maximum Gasteiger partial charge on any atom is 0.410 e. The summed E-state index contributed by atoms with van der Waals surface area (Å²) in [6, 6.07) is -1.11. The Kier molecular flexibility index (Phi) is 3.90. The van der Waals surface area contributed by atoms with Crippen LogP contribution in [0, 0.1) is 0 Å². The van der Waals surface area contributed by atoms with Crippen molar-refractivity contribution in [3.05, 3.63) is 0 Å². The first-order valence-electron chi connectivity index (χ1n) is 4.97. The van der Waals surface area contributed by atoms with E-state index in [1.54, 1.807) is 13.8 Å². The second kappa shape index (κ2) is 4.97. The molecule has 0 bridgehead atoms. The van der Waals surface area contributed by atoms with Gasteiger partial charge in [-0.2, -0.15) is 0 Å². The largest absolute Gasteiger partial charge is 0.480 e. The zero-order chi connectivity index (χ0) is 11.4. The van der Waals surface area contributed by atoms with E-state index in [4.69, 9.17) is 9.84 Å². The molecule has 1 amide bonds. The molecule has 1 saturated heterocycles. The van der Waals surface area contributed by atoms with Crippen LogP contribution in [0.25, 0.3) is 0 Å². The first-order chi connectivity index (χ1) is 7.07. The molecule has 1 fully saturated rings. The van der Waals surface area contributed by atoms with E-state index in [9.17, 15) is 9.59 Å². The smallest absolute Gasteiger partial charge is 0.410 e. The Morgan fingerprint density at radius 2 is 2.27 bits per heavy atom. The van der Waals surface area contributed by atoms with Gasteiger partial charge in [0.15, 0.2) is 0 Å². The fourth-order valence-corrected chi connectivity index (χ4v) is 1.69. The summed E-state index contributed by atoms with van der Waals surface area (Å²) in [5, 5.41) is 12.0. The summed E-state index contributed by atoms with van der Waals surface area (Å²) in [4.78, 5) is 23.7. The standard InChI is InChI=1S/C9H16N2O4/c1-3-15-9(14)11-5-4-10-6(2)7(11)8(12)13/h6-7,10H,3-5H2,1-2H3,(H,12,13). The molecule has 0 aromatic rings. The zero-order valence-electron chi connectivity index (χ0n) is 8.90. The van der Waals surface area contributed by atoms with Gasteiger partial charge in [0.25, 0.3) is 0 Å². The molecular formula is C9H16N2O4. The van der Waals surface area contributed by atoms with E-state index in [1.807, 2.05) is 0 Å². The van der Waals surface area contributed by atoms with Crippen LogP contribution in [-0.2, 0) is 9.53 Å². The fourth-order valence-electron chi connectivity index (χ4n) is 1.69. The Morgan fingerprint density at radius 1 is 1.60 bits per heavy atom. The highest BCUT2D eigenvalue weighted by atomic mass is 16.6. The van der Waals surface area contributed by atoms with Crippen LogP contribution in [0.5, 0.6) is 0 Å². The molecule has 0 radical (unpaired) electrons. The topological polar surface area (TPSA) is 78.9 Å². The summed E-state index contributed by atoms with van der Waals surface area (Å²) in [5.41, 5.74) is 0. The van der Waals surface area contributed by atoms with E-state index in [0.29, 0.717) is 13.1 Å². The first kappa shape index (κ1) is 11.8. The zero-order valence-corrected chi connectivity index (χ0v) is 8.90. The van der Waals surface area contributed by atoms with E-state index >= 15 is 0 Å². The van der Waals surface area contributed by atoms with Crippen molar-refractivity contribution < 1.29 is 19.4 Å². The van der Waals surface area contributed by atoms with E-state index in [0.717, 1.165) is 0 Å². The third-order valence-electron chi connectivity index (χ3n) is 2.38. The Hall–Kier alpha value is -1.30. The Balaban J connectivity index is 2.74. The van der Waals surface area contributed by atoms with Gasteiger partial charge in [0.2, 0.25) is 0 Å². The maximum atomic E-state index is 11.5. The van der Waals surface area contributed by atoms with Crippen molar-refractivity contribution in [1.29, 1.82) is 0 Å². The Bertz CT molecular complexity index is 256. The number of carboxylic acids is 1. The highest BCUT2D eigenvalue weighted by Crippen LogP contribution is 2.11. The monoisotopic (exact) mass is 216 g/mol. The Labute approximate surface area is 88.2 Å². The number of carboxylic acid groups (broad SMARTS) is 1. The van der Waals surface area contributed by atoms with E-state index in [1.165, 1.54) is 4.90 Å². The molecule has 0 aliphatic carbocycles. The minimum Gasteiger partial charge on any atom is -0.480 e. The number of carbonyl (C=O) groups excluding carboxylic acids is 1. The molecule has 0 saturated carbocycles. The number of amides is 1. The van der Waals surface area contributed by atoms with Crippen LogP contribution in [-0.4, -0.2) is 53.8 Å². The van der Waals surface area contributed by atoms with Crippen molar-refractivity contribution >= 4 is 12.1 Å². The van der Waals surface area contributed by atoms with Crippen LogP contribution in [0.15, 0.2) is 0 Å². The molecular weight excluding hydrogens is 200 g/mol. The van der Waals surface area contributed by atoms with Crippen LogP contribution in [0.4, 0.5) is 4.79 Å². The number of hydrogen-bond acceptors (Lipinski definition) is 4. The molecule has 2 N–H and O–H groups in total. The molecule has 6 nitrogen and oxygen atoms in total. The van der Waals surface area contributed by atoms with Crippen molar-refractivity contribution in [2.24, 2.45) is 0 Å². The quantitative estimate of drug-likeness (QED) is 0.673. The number of carbonyl (C=O) groups is 2. The van der Waals surface area contributed by atoms with Gasteiger partial charge in [-0.25, -0.2) is 9.59 Å². The summed E-state index contributed by atoms with van der Waals surface area (Å²) in [6.45, 7) is 4.64. The second-order valence-electron chi connectivity index (χ2n) is 3.42. The van der Waals surface area contributed by atoms with Gasteiger partial charge in [-0.15, -0.1) is 0 Å². The summed E-state index contributed by atoms with van der Waals surface area (Å²) in [5.74, 6) is -1.01. The second-order valence-corrected chi connectivity index (χ2v) is 3.42. The molecule has 1 aliphatic rings. The molecule has 86 valence electrons. The molecule has 0 spiro atoms. The fraction of sp³-hybridized carbons (Fsp3) is 0.778. The van der Waals surface area contributed by atoms with Crippen LogP contribution in [0.1, 0.15) is 13.8 Å². The maximum absolute atomic E-state index is 11.5. The summed E-state index contributed by atoms with van der Waals surface area (Å²) in [6.07, 6.45) is -0.557. The lowest BCUT2D eigenvalue weighted by Crippen LogP contribution is -2.61. The van der Waals surface area contributed by atoms with Gasteiger partial charge in [-0.3, -0.25) is 4.90 Å². The van der Waals surface area contributed by atoms with Gasteiger partial charge in [0, 0.05) is 19.1 Å². The number of aliphatic carboxylic acids is 1. The molecule has 0 aromatic carbocycles.